The van der Waals surface area contributed by atoms with Crippen molar-refractivity contribution in [2.75, 3.05) is 4.72 Å². The van der Waals surface area contributed by atoms with Crippen LogP contribution in [0.5, 0.6) is 5.88 Å². The number of hydrogen-bond donors (Lipinski definition) is 1. The lowest BCUT2D eigenvalue weighted by Gasteiger charge is -2.10. The zero-order chi connectivity index (χ0) is 17.2. The molecule has 0 saturated heterocycles. The van der Waals surface area contributed by atoms with Gasteiger partial charge >= 0.3 is 0 Å². The summed E-state index contributed by atoms with van der Waals surface area (Å²) in [5, 5.41) is 3.54. The average molecular weight is 346 g/mol. The first kappa shape index (κ1) is 17.1. The van der Waals surface area contributed by atoms with Gasteiger partial charge in [0.05, 0.1) is 18.0 Å². The van der Waals surface area contributed by atoms with Crippen LogP contribution in [0.3, 0.4) is 0 Å². The standard InChI is InChI=1S/C13H16F2N4O3S/c1-8(2)22-11-5-4-9(6-16-11)23(20,21)18-10-7-19(3)17-12(10)13(14)15/h4-8,13,18H,1-3H3. The monoisotopic (exact) mass is 346 g/mol. The Hall–Kier alpha value is -2.23. The van der Waals surface area contributed by atoms with E-state index in [-0.39, 0.29) is 22.6 Å². The Labute approximate surface area is 132 Å². The molecular formula is C13H16F2N4O3S. The molecule has 0 aliphatic rings. The third kappa shape index (κ3) is 4.15. The first-order chi connectivity index (χ1) is 10.7. The van der Waals surface area contributed by atoms with Gasteiger partial charge in [-0.3, -0.25) is 9.40 Å². The highest BCUT2D eigenvalue weighted by Gasteiger charge is 2.23. The molecule has 0 saturated carbocycles. The molecule has 0 spiro atoms. The Kier molecular flexibility index (Phi) is 4.83. The first-order valence-electron chi connectivity index (χ1n) is 6.66. The van der Waals surface area contributed by atoms with Crippen molar-refractivity contribution in [2.45, 2.75) is 31.3 Å². The predicted molar refractivity (Wildman–Crippen MR) is 79.0 cm³/mol. The number of alkyl halides is 2. The number of pyridine rings is 1. The van der Waals surface area contributed by atoms with Crippen LogP contribution >= 0.6 is 0 Å². The zero-order valence-electron chi connectivity index (χ0n) is 12.7. The van der Waals surface area contributed by atoms with Crippen LogP contribution in [0.1, 0.15) is 26.0 Å². The molecule has 0 bridgehead atoms. The molecule has 0 radical (unpaired) electrons. The van der Waals surface area contributed by atoms with E-state index in [0.717, 1.165) is 10.9 Å². The number of rotatable bonds is 6. The number of nitrogens with one attached hydrogen (secondary N) is 1. The van der Waals surface area contributed by atoms with E-state index in [1.165, 1.54) is 25.4 Å². The van der Waals surface area contributed by atoms with Crippen molar-refractivity contribution >= 4 is 15.7 Å². The number of aryl methyl sites for hydroxylation is 1. The van der Waals surface area contributed by atoms with E-state index < -0.39 is 22.1 Å². The molecule has 0 aromatic carbocycles. The van der Waals surface area contributed by atoms with Crippen molar-refractivity contribution in [3.63, 3.8) is 0 Å². The molecule has 10 heteroatoms. The maximum Gasteiger partial charge on any atom is 0.284 e. The summed E-state index contributed by atoms with van der Waals surface area (Å²) in [6, 6.07) is 2.68. The second kappa shape index (κ2) is 6.49. The van der Waals surface area contributed by atoms with E-state index in [4.69, 9.17) is 4.74 Å². The fourth-order valence-electron chi connectivity index (χ4n) is 1.79. The second-order valence-electron chi connectivity index (χ2n) is 5.01. The van der Waals surface area contributed by atoms with Crippen LogP contribution in [0.25, 0.3) is 0 Å². The lowest BCUT2D eigenvalue weighted by molar-refractivity contribution is 0.146. The van der Waals surface area contributed by atoms with Crippen LogP contribution in [0.15, 0.2) is 29.4 Å². The number of sulfonamides is 1. The third-order valence-electron chi connectivity index (χ3n) is 2.68. The first-order valence-corrected chi connectivity index (χ1v) is 8.14. The molecule has 0 atom stereocenters. The van der Waals surface area contributed by atoms with Crippen molar-refractivity contribution in [1.29, 1.82) is 0 Å². The highest BCUT2D eigenvalue weighted by molar-refractivity contribution is 7.92. The molecular weight excluding hydrogens is 330 g/mol. The molecule has 2 heterocycles. The van der Waals surface area contributed by atoms with Gasteiger partial charge in [0.1, 0.15) is 4.90 Å². The molecule has 0 fully saturated rings. The van der Waals surface area contributed by atoms with Crippen LogP contribution in [0.2, 0.25) is 0 Å². The van der Waals surface area contributed by atoms with Crippen LogP contribution in [-0.2, 0) is 17.1 Å². The van der Waals surface area contributed by atoms with Gasteiger partial charge in [-0.05, 0) is 19.9 Å². The summed E-state index contributed by atoms with van der Waals surface area (Å²) < 4.78 is 58.7. The highest BCUT2D eigenvalue weighted by atomic mass is 32.2. The van der Waals surface area contributed by atoms with E-state index in [0.29, 0.717) is 0 Å². The van der Waals surface area contributed by atoms with Crippen molar-refractivity contribution in [1.82, 2.24) is 14.8 Å². The van der Waals surface area contributed by atoms with Gasteiger partial charge in [-0.1, -0.05) is 0 Å². The normalized spacial score (nSPS) is 12.0. The highest BCUT2D eigenvalue weighted by Crippen LogP contribution is 2.27. The van der Waals surface area contributed by atoms with Crippen LogP contribution in [0.4, 0.5) is 14.5 Å². The fraction of sp³-hybridized carbons (Fsp3) is 0.385. The topological polar surface area (TPSA) is 86.1 Å². The minimum Gasteiger partial charge on any atom is -0.475 e. The number of aromatic nitrogens is 3. The van der Waals surface area contributed by atoms with Gasteiger partial charge in [0, 0.05) is 19.3 Å². The summed E-state index contributed by atoms with van der Waals surface area (Å²) in [5.74, 6) is 0.272. The van der Waals surface area contributed by atoms with Gasteiger partial charge in [-0.15, -0.1) is 0 Å². The number of ether oxygens (including phenoxy) is 1. The second-order valence-corrected chi connectivity index (χ2v) is 6.69. The minimum absolute atomic E-state index is 0.105. The van der Waals surface area contributed by atoms with E-state index in [9.17, 15) is 17.2 Å². The summed E-state index contributed by atoms with van der Waals surface area (Å²) in [5.41, 5.74) is -0.909. The SMILES string of the molecule is CC(C)Oc1ccc(S(=O)(=O)Nc2cn(C)nc2C(F)F)cn1. The maximum absolute atomic E-state index is 12.9. The molecule has 2 aromatic heterocycles. The van der Waals surface area contributed by atoms with Gasteiger partial charge in [0.15, 0.2) is 5.69 Å². The lowest BCUT2D eigenvalue weighted by Crippen LogP contribution is -2.14. The minimum atomic E-state index is -4.06. The van der Waals surface area contributed by atoms with Crippen molar-refractivity contribution < 1.29 is 21.9 Å². The Balaban J connectivity index is 2.25. The Bertz CT molecular complexity index is 773. The van der Waals surface area contributed by atoms with Gasteiger partial charge in [-0.25, -0.2) is 22.2 Å². The zero-order valence-corrected chi connectivity index (χ0v) is 13.5. The van der Waals surface area contributed by atoms with Gasteiger partial charge < -0.3 is 4.74 Å². The number of hydrogen-bond acceptors (Lipinski definition) is 5. The summed E-state index contributed by atoms with van der Waals surface area (Å²) in [6.45, 7) is 3.62. The van der Waals surface area contributed by atoms with E-state index in [1.807, 2.05) is 13.8 Å². The molecule has 0 unspecified atom stereocenters. The van der Waals surface area contributed by atoms with Crippen LogP contribution in [0, 0.1) is 0 Å². The summed E-state index contributed by atoms with van der Waals surface area (Å²) in [6.07, 6.45) is -0.734. The van der Waals surface area contributed by atoms with Gasteiger partial charge in [-0.2, -0.15) is 5.10 Å². The lowest BCUT2D eigenvalue weighted by atomic mass is 10.4. The van der Waals surface area contributed by atoms with E-state index in [1.54, 1.807) is 0 Å². The van der Waals surface area contributed by atoms with Crippen molar-refractivity contribution in [2.24, 2.45) is 7.05 Å². The molecule has 0 aliphatic carbocycles. The summed E-state index contributed by atoms with van der Waals surface area (Å²) in [4.78, 5) is 3.71. The number of halogens is 2. The van der Waals surface area contributed by atoms with Crippen LogP contribution < -0.4 is 9.46 Å². The quantitative estimate of drug-likeness (QED) is 0.868. The third-order valence-corrected chi connectivity index (χ3v) is 4.04. The summed E-state index contributed by atoms with van der Waals surface area (Å²) in [7, 11) is -2.64. The van der Waals surface area contributed by atoms with Crippen molar-refractivity contribution in [3.05, 3.63) is 30.2 Å². The van der Waals surface area contributed by atoms with E-state index in [2.05, 4.69) is 14.8 Å². The molecule has 23 heavy (non-hydrogen) atoms. The molecule has 2 aromatic rings. The van der Waals surface area contributed by atoms with Gasteiger partial charge in [0.25, 0.3) is 16.4 Å². The molecule has 2 rings (SSSR count). The largest absolute Gasteiger partial charge is 0.475 e. The molecule has 126 valence electrons. The van der Waals surface area contributed by atoms with E-state index >= 15 is 0 Å². The number of nitrogens with zero attached hydrogens (tertiary/aromatic N) is 3. The smallest absolute Gasteiger partial charge is 0.284 e. The van der Waals surface area contributed by atoms with Gasteiger partial charge in [0.2, 0.25) is 5.88 Å². The molecule has 1 N–H and O–H groups in total. The molecule has 7 nitrogen and oxygen atoms in total. The average Bonchev–Trinajstić information content (AvgIpc) is 2.79. The number of anilines is 1. The Morgan fingerprint density at radius 1 is 1.30 bits per heavy atom. The predicted octanol–water partition coefficient (Wildman–Crippen LogP) is 2.34. The molecule has 0 aliphatic heterocycles. The van der Waals surface area contributed by atoms with Crippen molar-refractivity contribution in [3.8, 4) is 5.88 Å². The Morgan fingerprint density at radius 3 is 2.52 bits per heavy atom. The Morgan fingerprint density at radius 2 is 2.00 bits per heavy atom. The fourth-order valence-corrected chi connectivity index (χ4v) is 2.79. The van der Waals surface area contributed by atoms with Crippen LogP contribution in [-0.4, -0.2) is 29.3 Å². The summed E-state index contributed by atoms with van der Waals surface area (Å²) >= 11 is 0. The molecule has 0 amide bonds. The maximum atomic E-state index is 12.9.